The van der Waals surface area contributed by atoms with Gasteiger partial charge in [0.15, 0.2) is 0 Å². The van der Waals surface area contributed by atoms with E-state index in [9.17, 15) is 10.2 Å². The molecule has 0 radical (unpaired) electrons. The molecule has 0 spiro atoms. The summed E-state index contributed by atoms with van der Waals surface area (Å²) >= 11 is 0. The van der Waals surface area contributed by atoms with Crippen molar-refractivity contribution >= 4 is 11.1 Å². The van der Waals surface area contributed by atoms with E-state index in [1.165, 1.54) is 11.1 Å². The molecule has 0 aliphatic heterocycles. The topological polar surface area (TPSA) is 76.1 Å². The third kappa shape index (κ3) is 4.59. The standard InChI is InChI=1S/C26H28N4O2/c1-3-23(19-5-7-25(31)21(13-19)15-29-11-9-27-17-29)24(4-2)20-6-8-26(32)22(14-20)16-30-12-10-28-18-30/h5-14,17-18,31-32H,3-4,15-16H2,1-2H3/b24-23+. The van der Waals surface area contributed by atoms with E-state index in [4.69, 9.17) is 0 Å². The maximum absolute atomic E-state index is 10.4. The second-order valence-electron chi connectivity index (χ2n) is 7.82. The SMILES string of the molecule is CC/C(=C(/CC)c1ccc(O)c(Cn2ccnc2)c1)c1ccc(O)c(Cn2ccnc2)c1. The van der Waals surface area contributed by atoms with E-state index in [0.717, 1.165) is 35.1 Å². The molecule has 4 rings (SSSR count). The van der Waals surface area contributed by atoms with Crippen molar-refractivity contribution in [2.24, 2.45) is 0 Å². The first-order chi connectivity index (χ1) is 15.6. The number of nitrogens with zero attached hydrogens (tertiary/aromatic N) is 4. The second kappa shape index (κ2) is 9.56. The summed E-state index contributed by atoms with van der Waals surface area (Å²) in [5.74, 6) is 0.561. The Morgan fingerprint density at radius 3 is 1.50 bits per heavy atom. The van der Waals surface area contributed by atoms with Gasteiger partial charge in [-0.3, -0.25) is 0 Å². The zero-order valence-corrected chi connectivity index (χ0v) is 18.4. The number of hydrogen-bond acceptors (Lipinski definition) is 4. The molecule has 0 unspecified atom stereocenters. The van der Waals surface area contributed by atoms with Crippen molar-refractivity contribution in [2.45, 2.75) is 39.8 Å². The zero-order valence-electron chi connectivity index (χ0n) is 18.4. The van der Waals surface area contributed by atoms with Crippen molar-refractivity contribution in [3.8, 4) is 11.5 Å². The van der Waals surface area contributed by atoms with E-state index in [0.29, 0.717) is 13.1 Å². The first kappa shape index (κ1) is 21.4. The molecule has 164 valence electrons. The molecule has 0 aliphatic carbocycles. The lowest BCUT2D eigenvalue weighted by atomic mass is 9.89. The zero-order chi connectivity index (χ0) is 22.5. The van der Waals surface area contributed by atoms with Gasteiger partial charge in [-0.1, -0.05) is 26.0 Å². The quantitative estimate of drug-likeness (QED) is 0.373. The van der Waals surface area contributed by atoms with Crippen molar-refractivity contribution in [1.29, 1.82) is 0 Å². The summed E-state index contributed by atoms with van der Waals surface area (Å²) in [5.41, 5.74) is 6.38. The lowest BCUT2D eigenvalue weighted by Gasteiger charge is -2.17. The third-order valence-corrected chi connectivity index (χ3v) is 5.75. The number of allylic oxidation sites excluding steroid dienone is 2. The Bertz CT molecular complexity index is 1110. The number of aromatic nitrogens is 4. The maximum atomic E-state index is 10.4. The van der Waals surface area contributed by atoms with Crippen LogP contribution in [0.25, 0.3) is 11.1 Å². The molecule has 2 N–H and O–H groups in total. The van der Waals surface area contributed by atoms with Crippen LogP contribution in [0.2, 0.25) is 0 Å². The first-order valence-electron chi connectivity index (χ1n) is 10.9. The molecule has 6 heteroatoms. The van der Waals surface area contributed by atoms with E-state index in [1.807, 2.05) is 33.7 Å². The van der Waals surface area contributed by atoms with Gasteiger partial charge in [0.25, 0.3) is 0 Å². The van der Waals surface area contributed by atoms with E-state index in [-0.39, 0.29) is 11.5 Å². The van der Waals surface area contributed by atoms with Gasteiger partial charge in [-0.2, -0.15) is 0 Å². The molecule has 0 saturated heterocycles. The van der Waals surface area contributed by atoms with Crippen LogP contribution >= 0.6 is 0 Å². The fourth-order valence-electron chi connectivity index (χ4n) is 4.14. The van der Waals surface area contributed by atoms with Gasteiger partial charge in [0.2, 0.25) is 0 Å². The molecule has 2 aromatic carbocycles. The number of imidazole rings is 2. The van der Waals surface area contributed by atoms with Crippen molar-refractivity contribution in [1.82, 2.24) is 19.1 Å². The average Bonchev–Trinajstić information content (AvgIpc) is 3.50. The second-order valence-corrected chi connectivity index (χ2v) is 7.82. The molecule has 0 amide bonds. The Kier molecular flexibility index (Phi) is 6.40. The van der Waals surface area contributed by atoms with Crippen molar-refractivity contribution in [3.63, 3.8) is 0 Å². The Labute approximate surface area is 188 Å². The van der Waals surface area contributed by atoms with E-state index >= 15 is 0 Å². The Hall–Kier alpha value is -3.80. The Balaban J connectivity index is 1.74. The lowest BCUT2D eigenvalue weighted by molar-refractivity contribution is 0.465. The van der Waals surface area contributed by atoms with Gasteiger partial charge >= 0.3 is 0 Å². The van der Waals surface area contributed by atoms with Gasteiger partial charge in [-0.15, -0.1) is 0 Å². The minimum absolute atomic E-state index is 0.281. The molecule has 0 saturated carbocycles. The molecule has 0 bridgehead atoms. The summed E-state index contributed by atoms with van der Waals surface area (Å²) in [4.78, 5) is 8.18. The molecule has 0 fully saturated rings. The number of phenols is 2. The maximum Gasteiger partial charge on any atom is 0.120 e. The number of benzene rings is 2. The van der Waals surface area contributed by atoms with Crippen LogP contribution in [0.4, 0.5) is 0 Å². The largest absolute Gasteiger partial charge is 0.508 e. The highest BCUT2D eigenvalue weighted by Crippen LogP contribution is 2.35. The normalized spacial score (nSPS) is 12.1. The van der Waals surface area contributed by atoms with Gasteiger partial charge in [0, 0.05) is 35.9 Å². The molecule has 6 nitrogen and oxygen atoms in total. The van der Waals surface area contributed by atoms with Crippen molar-refractivity contribution in [2.75, 3.05) is 0 Å². The van der Waals surface area contributed by atoms with Gasteiger partial charge in [-0.25, -0.2) is 9.97 Å². The molecular formula is C26H28N4O2. The minimum Gasteiger partial charge on any atom is -0.508 e. The summed E-state index contributed by atoms with van der Waals surface area (Å²) in [6.45, 7) is 5.43. The molecule has 2 aromatic heterocycles. The van der Waals surface area contributed by atoms with E-state index < -0.39 is 0 Å². The van der Waals surface area contributed by atoms with Gasteiger partial charge in [0.05, 0.1) is 25.7 Å². The highest BCUT2D eigenvalue weighted by atomic mass is 16.3. The highest BCUT2D eigenvalue weighted by Gasteiger charge is 2.14. The average molecular weight is 429 g/mol. The van der Waals surface area contributed by atoms with Crippen LogP contribution in [0.1, 0.15) is 48.9 Å². The summed E-state index contributed by atoms with van der Waals surface area (Å²) < 4.78 is 3.88. The third-order valence-electron chi connectivity index (χ3n) is 5.75. The van der Waals surface area contributed by atoms with Crippen LogP contribution in [-0.2, 0) is 13.1 Å². The predicted molar refractivity (Wildman–Crippen MR) is 126 cm³/mol. The molecular weight excluding hydrogens is 400 g/mol. The van der Waals surface area contributed by atoms with E-state index in [1.54, 1.807) is 37.2 Å². The smallest absolute Gasteiger partial charge is 0.120 e. The fraction of sp³-hybridized carbons (Fsp3) is 0.231. The number of rotatable bonds is 8. The van der Waals surface area contributed by atoms with Crippen LogP contribution in [0.3, 0.4) is 0 Å². The molecule has 32 heavy (non-hydrogen) atoms. The van der Waals surface area contributed by atoms with E-state index in [2.05, 4.69) is 35.9 Å². The lowest BCUT2D eigenvalue weighted by Crippen LogP contribution is -2.00. The molecule has 4 aromatic rings. The first-order valence-corrected chi connectivity index (χ1v) is 10.9. The van der Waals surface area contributed by atoms with Gasteiger partial charge in [-0.05, 0) is 59.4 Å². The Morgan fingerprint density at radius 2 is 1.16 bits per heavy atom. The number of phenolic OH excluding ortho intramolecular Hbond substituents is 2. The van der Waals surface area contributed by atoms with Gasteiger partial charge < -0.3 is 19.3 Å². The predicted octanol–water partition coefficient (Wildman–Crippen LogP) is 5.32. The molecule has 2 heterocycles. The van der Waals surface area contributed by atoms with Gasteiger partial charge in [0.1, 0.15) is 11.5 Å². The molecule has 0 atom stereocenters. The van der Waals surface area contributed by atoms with Crippen LogP contribution < -0.4 is 0 Å². The monoisotopic (exact) mass is 428 g/mol. The summed E-state index contributed by atoms with van der Waals surface area (Å²) in [7, 11) is 0. The minimum atomic E-state index is 0.281. The van der Waals surface area contributed by atoms with Crippen molar-refractivity contribution in [3.05, 3.63) is 96.1 Å². The van der Waals surface area contributed by atoms with Crippen LogP contribution in [0, 0.1) is 0 Å². The summed E-state index contributed by atoms with van der Waals surface area (Å²) in [6.07, 6.45) is 12.5. The van der Waals surface area contributed by atoms with Crippen LogP contribution in [0.15, 0.2) is 73.8 Å². The van der Waals surface area contributed by atoms with Crippen LogP contribution in [-0.4, -0.2) is 29.3 Å². The summed E-state index contributed by atoms with van der Waals surface area (Å²) in [6, 6.07) is 11.6. The highest BCUT2D eigenvalue weighted by molar-refractivity contribution is 5.91. The molecule has 0 aliphatic rings. The number of aromatic hydroxyl groups is 2. The number of hydrogen-bond donors (Lipinski definition) is 2. The Morgan fingerprint density at radius 1 is 0.719 bits per heavy atom. The van der Waals surface area contributed by atoms with Crippen LogP contribution in [0.5, 0.6) is 11.5 Å². The fourth-order valence-corrected chi connectivity index (χ4v) is 4.14. The summed E-state index contributed by atoms with van der Waals surface area (Å²) in [5, 5.41) is 20.8. The van der Waals surface area contributed by atoms with Crippen molar-refractivity contribution < 1.29 is 10.2 Å².